The lowest BCUT2D eigenvalue weighted by Crippen LogP contribution is -2.41. The van der Waals surface area contributed by atoms with Gasteiger partial charge in [-0.25, -0.2) is 13.8 Å². The number of carbonyl (C=O) groups excluding carboxylic acids is 1. The number of carbonyl (C=O) groups is 1. The fourth-order valence-electron chi connectivity index (χ4n) is 4.26. The Balaban J connectivity index is 1.41. The molecule has 0 fully saturated rings. The van der Waals surface area contributed by atoms with Crippen LogP contribution in [0.15, 0.2) is 65.3 Å². The van der Waals surface area contributed by atoms with E-state index in [0.29, 0.717) is 24.4 Å². The van der Waals surface area contributed by atoms with Gasteiger partial charge in [0, 0.05) is 24.0 Å². The topological polar surface area (TPSA) is 101 Å². The highest BCUT2D eigenvalue weighted by molar-refractivity contribution is 5.90. The molecular formula is C24H16F2N6O2. The Morgan fingerprint density at radius 3 is 2.71 bits per heavy atom. The molecule has 0 spiro atoms. The number of nitrogens with zero attached hydrogens (tertiary/aromatic N) is 5. The highest BCUT2D eigenvalue weighted by atomic mass is 19.1. The molecule has 1 aliphatic rings. The predicted octanol–water partition coefficient (Wildman–Crippen LogP) is 4.07. The van der Waals surface area contributed by atoms with E-state index in [1.807, 2.05) is 36.4 Å². The summed E-state index contributed by atoms with van der Waals surface area (Å²) in [6, 6.07) is 14.2. The number of hydrogen-bond donors (Lipinski definition) is 1. The summed E-state index contributed by atoms with van der Waals surface area (Å²) in [5, 5.41) is 8.47. The summed E-state index contributed by atoms with van der Waals surface area (Å²) in [7, 11) is 0. The van der Waals surface area contributed by atoms with Crippen LogP contribution in [0.4, 0.5) is 8.78 Å². The van der Waals surface area contributed by atoms with Gasteiger partial charge in [0.25, 0.3) is 5.89 Å². The quantitative estimate of drug-likeness (QED) is 0.437. The molecule has 2 aromatic carbocycles. The zero-order valence-electron chi connectivity index (χ0n) is 17.6. The van der Waals surface area contributed by atoms with Crippen molar-refractivity contribution in [3.05, 3.63) is 95.5 Å². The molecule has 4 heterocycles. The van der Waals surface area contributed by atoms with Crippen molar-refractivity contribution in [2.75, 3.05) is 6.54 Å². The number of H-pyrrole nitrogens is 1. The zero-order valence-corrected chi connectivity index (χ0v) is 17.6. The fourth-order valence-corrected chi connectivity index (χ4v) is 4.26. The van der Waals surface area contributed by atoms with E-state index >= 15 is 0 Å². The van der Waals surface area contributed by atoms with Gasteiger partial charge in [-0.05, 0) is 24.3 Å². The molecule has 1 N–H and O–H groups in total. The van der Waals surface area contributed by atoms with Gasteiger partial charge in [-0.2, -0.15) is 0 Å². The molecule has 5 aromatic rings. The van der Waals surface area contributed by atoms with Gasteiger partial charge in [0.2, 0.25) is 0 Å². The zero-order chi connectivity index (χ0) is 23.2. The number of amides is 1. The number of para-hydroxylation sites is 1. The SMILES string of the molecule is O=C(c1nnc(-c2c(F)cccc2F)o1)N1CCc2[nH]cnc2[C@@H]1c1ccc2ccccc2n1. The summed E-state index contributed by atoms with van der Waals surface area (Å²) >= 11 is 0. The first-order chi connectivity index (χ1) is 16.6. The van der Waals surface area contributed by atoms with Crippen molar-refractivity contribution in [3.8, 4) is 11.5 Å². The van der Waals surface area contributed by atoms with Gasteiger partial charge in [0.15, 0.2) is 0 Å². The van der Waals surface area contributed by atoms with E-state index in [-0.39, 0.29) is 5.89 Å². The lowest BCUT2D eigenvalue weighted by molar-refractivity contribution is 0.0647. The highest BCUT2D eigenvalue weighted by Gasteiger charge is 2.37. The van der Waals surface area contributed by atoms with Crippen LogP contribution in [0, 0.1) is 11.6 Å². The fraction of sp³-hybridized carbons (Fsp3) is 0.125. The number of aromatic amines is 1. The van der Waals surface area contributed by atoms with E-state index in [2.05, 4.69) is 20.2 Å². The average molecular weight is 458 g/mol. The smallest absolute Gasteiger partial charge is 0.312 e. The van der Waals surface area contributed by atoms with Crippen LogP contribution in [-0.4, -0.2) is 42.5 Å². The van der Waals surface area contributed by atoms with Crippen LogP contribution in [0.3, 0.4) is 0 Å². The molecule has 0 unspecified atom stereocenters. The number of benzene rings is 2. The minimum atomic E-state index is -0.861. The Morgan fingerprint density at radius 1 is 1.03 bits per heavy atom. The third-order valence-corrected chi connectivity index (χ3v) is 5.87. The molecule has 8 nitrogen and oxygen atoms in total. The maximum atomic E-state index is 14.2. The van der Waals surface area contributed by atoms with Crippen LogP contribution in [0.1, 0.15) is 33.8 Å². The van der Waals surface area contributed by atoms with Crippen molar-refractivity contribution in [2.45, 2.75) is 12.5 Å². The third-order valence-electron chi connectivity index (χ3n) is 5.87. The second-order valence-corrected chi connectivity index (χ2v) is 7.86. The van der Waals surface area contributed by atoms with Crippen molar-refractivity contribution >= 4 is 16.8 Å². The minimum absolute atomic E-state index is 0.332. The van der Waals surface area contributed by atoms with Gasteiger partial charge in [-0.15, -0.1) is 10.2 Å². The summed E-state index contributed by atoms with van der Waals surface area (Å²) in [6.45, 7) is 0.332. The van der Waals surface area contributed by atoms with Crippen molar-refractivity contribution in [3.63, 3.8) is 0 Å². The summed E-state index contributed by atoms with van der Waals surface area (Å²) in [5.41, 5.74) is 2.51. The number of hydrogen-bond acceptors (Lipinski definition) is 6. The molecule has 34 heavy (non-hydrogen) atoms. The minimum Gasteiger partial charge on any atom is -0.412 e. The molecule has 6 rings (SSSR count). The molecule has 3 aromatic heterocycles. The first-order valence-electron chi connectivity index (χ1n) is 10.6. The van der Waals surface area contributed by atoms with E-state index in [1.54, 1.807) is 6.33 Å². The van der Waals surface area contributed by atoms with E-state index in [1.165, 1.54) is 11.0 Å². The molecule has 10 heteroatoms. The Labute approximate surface area is 191 Å². The lowest BCUT2D eigenvalue weighted by Gasteiger charge is -2.33. The van der Waals surface area contributed by atoms with Crippen LogP contribution in [0.25, 0.3) is 22.4 Å². The number of aromatic nitrogens is 5. The van der Waals surface area contributed by atoms with Crippen LogP contribution in [0.2, 0.25) is 0 Å². The van der Waals surface area contributed by atoms with Gasteiger partial charge >= 0.3 is 11.8 Å². The molecule has 0 saturated carbocycles. The van der Waals surface area contributed by atoms with E-state index in [0.717, 1.165) is 28.7 Å². The first-order valence-corrected chi connectivity index (χ1v) is 10.6. The average Bonchev–Trinajstić information content (AvgIpc) is 3.53. The maximum absolute atomic E-state index is 14.2. The molecule has 168 valence electrons. The normalized spacial score (nSPS) is 15.5. The van der Waals surface area contributed by atoms with Crippen molar-refractivity contribution < 1.29 is 18.0 Å². The molecule has 0 aliphatic carbocycles. The third kappa shape index (κ3) is 3.22. The van der Waals surface area contributed by atoms with Crippen LogP contribution in [-0.2, 0) is 6.42 Å². The molecule has 0 radical (unpaired) electrons. The van der Waals surface area contributed by atoms with Gasteiger partial charge in [0.05, 0.1) is 23.2 Å². The number of halogens is 2. The van der Waals surface area contributed by atoms with Gasteiger partial charge in [-0.3, -0.25) is 9.78 Å². The van der Waals surface area contributed by atoms with Crippen LogP contribution in [0.5, 0.6) is 0 Å². The van der Waals surface area contributed by atoms with Crippen molar-refractivity contribution in [1.82, 2.24) is 30.0 Å². The van der Waals surface area contributed by atoms with Crippen LogP contribution < -0.4 is 0 Å². The van der Waals surface area contributed by atoms with E-state index in [9.17, 15) is 13.6 Å². The molecular weight excluding hydrogens is 442 g/mol. The monoisotopic (exact) mass is 458 g/mol. The molecule has 1 amide bonds. The van der Waals surface area contributed by atoms with E-state index in [4.69, 9.17) is 9.40 Å². The van der Waals surface area contributed by atoms with Gasteiger partial charge in [-0.1, -0.05) is 30.3 Å². The standard InChI is InChI=1S/C24H16F2N6O2/c25-14-5-3-6-15(26)19(14)22-30-31-23(34-22)24(33)32-11-10-17-20(28-12-27-17)21(32)18-9-8-13-4-1-2-7-16(13)29-18/h1-9,12,21H,10-11H2,(H,27,28)/t21-/m0/s1. The van der Waals surface area contributed by atoms with Crippen molar-refractivity contribution in [1.29, 1.82) is 0 Å². The summed E-state index contributed by atoms with van der Waals surface area (Å²) in [4.78, 5) is 27.3. The lowest BCUT2D eigenvalue weighted by atomic mass is 9.98. The largest absolute Gasteiger partial charge is 0.412 e. The second kappa shape index (κ2) is 7.84. The molecule has 1 atom stereocenters. The molecule has 0 saturated heterocycles. The molecule has 1 aliphatic heterocycles. The second-order valence-electron chi connectivity index (χ2n) is 7.86. The number of nitrogens with one attached hydrogen (secondary N) is 1. The van der Waals surface area contributed by atoms with Crippen LogP contribution >= 0.6 is 0 Å². The maximum Gasteiger partial charge on any atom is 0.312 e. The highest BCUT2D eigenvalue weighted by Crippen LogP contribution is 2.34. The summed E-state index contributed by atoms with van der Waals surface area (Å²) < 4.78 is 33.7. The summed E-state index contributed by atoms with van der Waals surface area (Å²) in [5.74, 6) is -3.08. The van der Waals surface area contributed by atoms with Crippen molar-refractivity contribution in [2.24, 2.45) is 0 Å². The number of rotatable bonds is 3. The molecule has 0 bridgehead atoms. The Kier molecular flexibility index (Phi) is 4.65. The number of pyridine rings is 1. The predicted molar refractivity (Wildman–Crippen MR) is 117 cm³/mol. The Bertz CT molecular complexity index is 1530. The first kappa shape index (κ1) is 20.2. The van der Waals surface area contributed by atoms with E-state index < -0.39 is 35.0 Å². The van der Waals surface area contributed by atoms with Gasteiger partial charge in [0.1, 0.15) is 23.2 Å². The van der Waals surface area contributed by atoms with Gasteiger partial charge < -0.3 is 14.3 Å². The Morgan fingerprint density at radius 2 is 1.85 bits per heavy atom. The number of fused-ring (bicyclic) bond motifs is 2. The summed E-state index contributed by atoms with van der Waals surface area (Å²) in [6.07, 6.45) is 2.12. The number of imidazole rings is 1. The Hall–Kier alpha value is -4.47.